The van der Waals surface area contributed by atoms with Gasteiger partial charge in [-0.3, -0.25) is 9.69 Å². The summed E-state index contributed by atoms with van der Waals surface area (Å²) in [5, 5.41) is 2.89. The van der Waals surface area contributed by atoms with Crippen LogP contribution >= 0.6 is 0 Å². The highest BCUT2D eigenvalue weighted by atomic mass is 32.2. The number of sulfonamides is 1. The maximum absolute atomic E-state index is 12.7. The lowest BCUT2D eigenvalue weighted by atomic mass is 10.1. The smallest absolute Gasteiger partial charge is 0.251 e. The Morgan fingerprint density at radius 1 is 0.935 bits per heavy atom. The molecule has 0 atom stereocenters. The molecule has 0 aliphatic carbocycles. The molecule has 2 saturated heterocycles. The van der Waals surface area contributed by atoms with Gasteiger partial charge in [0, 0.05) is 44.8 Å². The number of carbonyl (C=O) groups excluding carboxylic acids is 1. The van der Waals surface area contributed by atoms with Gasteiger partial charge in [-0.1, -0.05) is 30.3 Å². The van der Waals surface area contributed by atoms with Gasteiger partial charge in [0.1, 0.15) is 0 Å². The number of benzene rings is 2. The van der Waals surface area contributed by atoms with E-state index in [9.17, 15) is 13.2 Å². The summed E-state index contributed by atoms with van der Waals surface area (Å²) in [6.45, 7) is 5.83. The van der Waals surface area contributed by atoms with Crippen LogP contribution in [0.3, 0.4) is 0 Å². The molecule has 2 aliphatic heterocycles. The van der Waals surface area contributed by atoms with Crippen LogP contribution in [-0.4, -0.2) is 62.9 Å². The van der Waals surface area contributed by atoms with E-state index < -0.39 is 10.0 Å². The van der Waals surface area contributed by atoms with Crippen molar-refractivity contribution < 1.29 is 17.9 Å². The molecule has 2 heterocycles. The van der Waals surface area contributed by atoms with E-state index >= 15 is 0 Å². The van der Waals surface area contributed by atoms with E-state index in [4.69, 9.17) is 4.74 Å². The number of hydrogen-bond donors (Lipinski definition) is 1. The van der Waals surface area contributed by atoms with E-state index in [1.165, 1.54) is 15.9 Å². The van der Waals surface area contributed by atoms with Crippen LogP contribution in [0.1, 0.15) is 34.3 Å². The summed E-state index contributed by atoms with van der Waals surface area (Å²) in [5.74, 6) is -0.282. The van der Waals surface area contributed by atoms with Crippen molar-refractivity contribution in [2.75, 3.05) is 39.4 Å². The minimum Gasteiger partial charge on any atom is -0.379 e. The van der Waals surface area contributed by atoms with E-state index in [0.717, 1.165) is 51.3 Å². The van der Waals surface area contributed by atoms with Crippen LogP contribution in [0.5, 0.6) is 0 Å². The first-order valence-electron chi connectivity index (χ1n) is 10.8. The van der Waals surface area contributed by atoms with Gasteiger partial charge in [0.05, 0.1) is 18.1 Å². The maximum Gasteiger partial charge on any atom is 0.251 e. The zero-order valence-electron chi connectivity index (χ0n) is 17.6. The van der Waals surface area contributed by atoms with E-state index in [0.29, 0.717) is 25.2 Å². The first-order valence-corrected chi connectivity index (χ1v) is 12.2. The van der Waals surface area contributed by atoms with Crippen molar-refractivity contribution in [3.63, 3.8) is 0 Å². The molecule has 2 aromatic rings. The van der Waals surface area contributed by atoms with E-state index in [-0.39, 0.29) is 10.8 Å². The molecule has 8 heteroatoms. The fourth-order valence-corrected chi connectivity index (χ4v) is 5.50. The Labute approximate surface area is 184 Å². The van der Waals surface area contributed by atoms with Crippen LogP contribution in [0.25, 0.3) is 0 Å². The summed E-state index contributed by atoms with van der Waals surface area (Å²) in [6.07, 6.45) is 1.76. The summed E-state index contributed by atoms with van der Waals surface area (Å²) in [6, 6.07) is 14.5. The Morgan fingerprint density at radius 3 is 2.32 bits per heavy atom. The second-order valence-electron chi connectivity index (χ2n) is 8.03. The van der Waals surface area contributed by atoms with Crippen molar-refractivity contribution >= 4 is 15.9 Å². The number of ether oxygens (including phenoxy) is 1. The average molecular weight is 444 g/mol. The minimum atomic E-state index is -3.54. The molecule has 2 aliphatic rings. The zero-order chi connectivity index (χ0) is 21.7. The Morgan fingerprint density at radius 2 is 1.61 bits per heavy atom. The summed E-state index contributed by atoms with van der Waals surface area (Å²) < 4.78 is 32.4. The molecule has 0 radical (unpaired) electrons. The van der Waals surface area contributed by atoms with Gasteiger partial charge in [-0.25, -0.2) is 8.42 Å². The molecule has 0 spiro atoms. The number of rotatable bonds is 7. The number of morpholine rings is 1. The van der Waals surface area contributed by atoms with Gasteiger partial charge < -0.3 is 10.1 Å². The Balaban J connectivity index is 1.34. The third-order valence-electron chi connectivity index (χ3n) is 5.78. The van der Waals surface area contributed by atoms with Gasteiger partial charge in [0.2, 0.25) is 10.0 Å². The number of amides is 1. The first kappa shape index (κ1) is 22.0. The lowest BCUT2D eigenvalue weighted by molar-refractivity contribution is 0.0342. The molecule has 2 aromatic carbocycles. The fourth-order valence-electron chi connectivity index (χ4n) is 3.94. The van der Waals surface area contributed by atoms with Crippen molar-refractivity contribution in [1.29, 1.82) is 0 Å². The predicted molar refractivity (Wildman–Crippen MR) is 118 cm³/mol. The van der Waals surface area contributed by atoms with Crippen LogP contribution in [0.4, 0.5) is 0 Å². The van der Waals surface area contributed by atoms with E-state index in [1.54, 1.807) is 18.2 Å². The Bertz CT molecular complexity index is 996. The topological polar surface area (TPSA) is 79.0 Å². The van der Waals surface area contributed by atoms with Gasteiger partial charge in [0.15, 0.2) is 0 Å². The van der Waals surface area contributed by atoms with Crippen molar-refractivity contribution in [2.45, 2.75) is 30.8 Å². The monoisotopic (exact) mass is 443 g/mol. The predicted octanol–water partition coefficient (Wildman–Crippen LogP) is 2.23. The number of nitrogens with zero attached hydrogens (tertiary/aromatic N) is 2. The molecule has 31 heavy (non-hydrogen) atoms. The highest BCUT2D eigenvalue weighted by molar-refractivity contribution is 7.89. The SMILES string of the molecule is O=C(NCc1ccc(CN2CCOCC2)cc1)c1cccc(S(=O)(=O)N2CCCC2)c1. The number of carbonyl (C=O) groups is 1. The average Bonchev–Trinajstić information content (AvgIpc) is 3.35. The fraction of sp³-hybridized carbons (Fsp3) is 0.435. The summed E-state index contributed by atoms with van der Waals surface area (Å²) in [5.41, 5.74) is 2.58. The van der Waals surface area contributed by atoms with Crippen molar-refractivity contribution in [2.24, 2.45) is 0 Å². The highest BCUT2D eigenvalue weighted by Crippen LogP contribution is 2.21. The molecule has 1 amide bonds. The highest BCUT2D eigenvalue weighted by Gasteiger charge is 2.27. The molecule has 166 valence electrons. The van der Waals surface area contributed by atoms with Crippen molar-refractivity contribution in [3.05, 3.63) is 65.2 Å². The molecule has 1 N–H and O–H groups in total. The van der Waals surface area contributed by atoms with Gasteiger partial charge in [-0.05, 0) is 42.2 Å². The maximum atomic E-state index is 12.7. The van der Waals surface area contributed by atoms with Crippen LogP contribution in [-0.2, 0) is 27.8 Å². The molecule has 7 nitrogen and oxygen atoms in total. The largest absolute Gasteiger partial charge is 0.379 e. The van der Waals surface area contributed by atoms with Crippen molar-refractivity contribution in [3.8, 4) is 0 Å². The molecular weight excluding hydrogens is 414 g/mol. The molecule has 0 aromatic heterocycles. The van der Waals surface area contributed by atoms with Gasteiger partial charge >= 0.3 is 0 Å². The number of nitrogens with one attached hydrogen (secondary N) is 1. The van der Waals surface area contributed by atoms with Gasteiger partial charge in [0.25, 0.3) is 5.91 Å². The summed E-state index contributed by atoms with van der Waals surface area (Å²) in [4.78, 5) is 15.2. The van der Waals surface area contributed by atoms with Crippen LogP contribution in [0.15, 0.2) is 53.4 Å². The van der Waals surface area contributed by atoms with Crippen LogP contribution < -0.4 is 5.32 Å². The van der Waals surface area contributed by atoms with Gasteiger partial charge in [-0.15, -0.1) is 0 Å². The van der Waals surface area contributed by atoms with Crippen LogP contribution in [0.2, 0.25) is 0 Å². The second kappa shape index (κ2) is 9.91. The van der Waals surface area contributed by atoms with Crippen molar-refractivity contribution in [1.82, 2.24) is 14.5 Å². The third kappa shape index (κ3) is 5.51. The number of hydrogen-bond acceptors (Lipinski definition) is 5. The normalized spacial score (nSPS) is 18.2. The summed E-state index contributed by atoms with van der Waals surface area (Å²) in [7, 11) is -3.54. The molecule has 2 fully saturated rings. The first-order chi connectivity index (χ1) is 15.0. The standard InChI is InChI=1S/C23H29N3O4S/c27-23(21-4-3-5-22(16-21)31(28,29)26-10-1-2-11-26)24-17-19-6-8-20(9-7-19)18-25-12-14-30-15-13-25/h3-9,16H,1-2,10-15,17-18H2,(H,24,27). The molecule has 4 rings (SSSR count). The Kier molecular flexibility index (Phi) is 7.02. The van der Waals surface area contributed by atoms with Crippen LogP contribution in [0, 0.1) is 0 Å². The lowest BCUT2D eigenvalue weighted by Crippen LogP contribution is -2.35. The quantitative estimate of drug-likeness (QED) is 0.710. The van der Waals surface area contributed by atoms with E-state index in [1.807, 2.05) is 12.1 Å². The lowest BCUT2D eigenvalue weighted by Gasteiger charge is -2.26. The Hall–Kier alpha value is -2.26. The minimum absolute atomic E-state index is 0.175. The molecule has 0 unspecified atom stereocenters. The summed E-state index contributed by atoms with van der Waals surface area (Å²) >= 11 is 0. The second-order valence-corrected chi connectivity index (χ2v) is 9.96. The zero-order valence-corrected chi connectivity index (χ0v) is 18.4. The third-order valence-corrected chi connectivity index (χ3v) is 7.68. The molecule has 0 bridgehead atoms. The van der Waals surface area contributed by atoms with E-state index in [2.05, 4.69) is 22.3 Å². The molecule has 0 saturated carbocycles. The van der Waals surface area contributed by atoms with Gasteiger partial charge in [-0.2, -0.15) is 4.31 Å². The molecular formula is C23H29N3O4S.